The highest BCUT2D eigenvalue weighted by molar-refractivity contribution is 7.80. The Morgan fingerprint density at radius 3 is 2.39 bits per heavy atom. The highest BCUT2D eigenvalue weighted by Gasteiger charge is 2.33. The first-order chi connectivity index (χ1) is 10.8. The van der Waals surface area contributed by atoms with Gasteiger partial charge in [-0.15, -0.1) is 0 Å². The van der Waals surface area contributed by atoms with Crippen molar-refractivity contribution < 1.29 is 23.7 Å². The fourth-order valence-corrected chi connectivity index (χ4v) is 1.99. The third-order valence-electron chi connectivity index (χ3n) is 3.01. The summed E-state index contributed by atoms with van der Waals surface area (Å²) in [6.07, 6.45) is 0.854. The third kappa shape index (κ3) is 11.8. The van der Waals surface area contributed by atoms with Crippen LogP contribution < -0.4 is 5.32 Å². The van der Waals surface area contributed by atoms with E-state index >= 15 is 0 Å². The van der Waals surface area contributed by atoms with Crippen LogP contribution in [0.1, 0.15) is 34.1 Å². The van der Waals surface area contributed by atoms with Crippen molar-refractivity contribution in [1.29, 1.82) is 0 Å². The Labute approximate surface area is 146 Å². The van der Waals surface area contributed by atoms with Crippen LogP contribution in [0, 0.1) is 0 Å². The molecule has 0 bridgehead atoms. The normalized spacial score (nSPS) is 15.4. The van der Waals surface area contributed by atoms with Crippen LogP contribution in [0.3, 0.4) is 0 Å². The molecule has 0 heterocycles. The van der Waals surface area contributed by atoms with Gasteiger partial charge in [0, 0.05) is 25.6 Å². The smallest absolute Gasteiger partial charge is 0.246 e. The van der Waals surface area contributed by atoms with E-state index in [2.05, 4.69) is 17.9 Å². The first-order valence-corrected chi connectivity index (χ1v) is 8.62. The number of carbonyl (C=O) groups is 1. The van der Waals surface area contributed by atoms with Crippen molar-refractivity contribution in [1.82, 2.24) is 5.32 Å². The van der Waals surface area contributed by atoms with Crippen molar-refractivity contribution in [3.05, 3.63) is 0 Å². The summed E-state index contributed by atoms with van der Waals surface area (Å²) in [6, 6.07) is 0. The van der Waals surface area contributed by atoms with E-state index in [4.69, 9.17) is 18.9 Å². The van der Waals surface area contributed by atoms with Crippen LogP contribution in [0.5, 0.6) is 0 Å². The molecule has 0 fully saturated rings. The summed E-state index contributed by atoms with van der Waals surface area (Å²) in [5, 5.41) is 3.20. The third-order valence-corrected chi connectivity index (χ3v) is 3.27. The zero-order valence-electron chi connectivity index (χ0n) is 15.1. The largest absolute Gasteiger partial charge is 0.382 e. The average molecular weight is 352 g/mol. The Kier molecular flexibility index (Phi) is 12.8. The van der Waals surface area contributed by atoms with Gasteiger partial charge in [0.15, 0.2) is 0 Å². The average Bonchev–Trinajstić information content (AvgIpc) is 2.47. The second kappa shape index (κ2) is 13.0. The van der Waals surface area contributed by atoms with Crippen LogP contribution in [-0.2, 0) is 23.7 Å². The van der Waals surface area contributed by atoms with Gasteiger partial charge in [0.1, 0.15) is 12.1 Å². The molecule has 0 radical (unpaired) electrons. The summed E-state index contributed by atoms with van der Waals surface area (Å²) in [7, 11) is 1.59. The molecule has 138 valence electrons. The minimum absolute atomic E-state index is 0.000233. The van der Waals surface area contributed by atoms with Crippen LogP contribution in [0.25, 0.3) is 0 Å². The maximum Gasteiger partial charge on any atom is 0.246 e. The van der Waals surface area contributed by atoms with Gasteiger partial charge in [-0.2, -0.15) is 12.6 Å². The van der Waals surface area contributed by atoms with Gasteiger partial charge in [-0.25, -0.2) is 0 Å². The zero-order valence-corrected chi connectivity index (χ0v) is 16.0. The number of carbonyl (C=O) groups excluding carboxylic acids is 1. The summed E-state index contributed by atoms with van der Waals surface area (Å²) in [6.45, 7) is 9.79. The molecule has 6 nitrogen and oxygen atoms in total. The predicted molar refractivity (Wildman–Crippen MR) is 94.2 cm³/mol. The molecule has 1 unspecified atom stereocenters. The number of methoxy groups -OCH3 is 1. The molecule has 0 saturated heterocycles. The molecule has 0 spiro atoms. The number of rotatable bonds is 14. The van der Waals surface area contributed by atoms with Gasteiger partial charge in [0.05, 0.1) is 25.9 Å². The van der Waals surface area contributed by atoms with E-state index in [0.29, 0.717) is 33.0 Å². The van der Waals surface area contributed by atoms with E-state index in [9.17, 15) is 4.79 Å². The summed E-state index contributed by atoms with van der Waals surface area (Å²) < 4.78 is 21.9. The molecule has 23 heavy (non-hydrogen) atoms. The fraction of sp³-hybridized carbons (Fsp3) is 0.938. The van der Waals surface area contributed by atoms with Crippen LogP contribution in [0.4, 0.5) is 0 Å². The molecule has 0 aliphatic rings. The molecule has 0 rings (SSSR count). The first kappa shape index (κ1) is 22.7. The van der Waals surface area contributed by atoms with E-state index < -0.39 is 5.54 Å². The Balaban J connectivity index is 4.58. The Bertz CT molecular complexity index is 315. The van der Waals surface area contributed by atoms with E-state index in [-0.39, 0.29) is 23.9 Å². The highest BCUT2D eigenvalue weighted by Crippen LogP contribution is 2.10. The molecule has 7 heteroatoms. The quantitative estimate of drug-likeness (QED) is 0.368. The molecule has 1 amide bonds. The summed E-state index contributed by atoms with van der Waals surface area (Å²) in [4.78, 5) is 12.2. The van der Waals surface area contributed by atoms with E-state index in [1.807, 2.05) is 27.7 Å². The number of hydrogen-bond acceptors (Lipinski definition) is 6. The maximum atomic E-state index is 12.2. The molecule has 2 atom stereocenters. The lowest BCUT2D eigenvalue weighted by Gasteiger charge is -2.34. The van der Waals surface area contributed by atoms with Crippen LogP contribution >= 0.6 is 12.6 Å². The molecule has 0 aromatic heterocycles. The van der Waals surface area contributed by atoms with Gasteiger partial charge in [0.2, 0.25) is 5.91 Å². The molecule has 0 aliphatic heterocycles. The SMILES string of the molecule is CCOCC(COC)(COC(C)C)NC(=O)COCC[C@@H](C)S. The van der Waals surface area contributed by atoms with Gasteiger partial charge >= 0.3 is 0 Å². The summed E-state index contributed by atoms with van der Waals surface area (Å²) in [5.74, 6) is -0.207. The van der Waals surface area contributed by atoms with Crippen molar-refractivity contribution in [2.24, 2.45) is 0 Å². The molecular formula is C16H33NO5S. The number of hydrogen-bond donors (Lipinski definition) is 2. The number of ether oxygens (including phenoxy) is 4. The van der Waals surface area contributed by atoms with Crippen LogP contribution in [-0.4, -0.2) is 69.6 Å². The van der Waals surface area contributed by atoms with E-state index in [0.717, 1.165) is 6.42 Å². The highest BCUT2D eigenvalue weighted by atomic mass is 32.1. The van der Waals surface area contributed by atoms with Gasteiger partial charge in [-0.05, 0) is 27.2 Å². The topological polar surface area (TPSA) is 66.0 Å². The number of amides is 1. The minimum Gasteiger partial charge on any atom is -0.382 e. The molecule has 0 saturated carbocycles. The maximum absolute atomic E-state index is 12.2. The monoisotopic (exact) mass is 351 g/mol. The van der Waals surface area contributed by atoms with Crippen molar-refractivity contribution in [3.63, 3.8) is 0 Å². The van der Waals surface area contributed by atoms with Crippen LogP contribution in [0.2, 0.25) is 0 Å². The fourth-order valence-electron chi connectivity index (χ4n) is 1.88. The second-order valence-electron chi connectivity index (χ2n) is 5.95. The molecule has 0 aromatic rings. The van der Waals surface area contributed by atoms with E-state index in [1.165, 1.54) is 0 Å². The Morgan fingerprint density at radius 1 is 1.17 bits per heavy atom. The van der Waals surface area contributed by atoms with Gasteiger partial charge < -0.3 is 24.3 Å². The molecule has 0 aliphatic carbocycles. The van der Waals surface area contributed by atoms with E-state index in [1.54, 1.807) is 7.11 Å². The first-order valence-electron chi connectivity index (χ1n) is 8.10. The van der Waals surface area contributed by atoms with Gasteiger partial charge in [0.25, 0.3) is 0 Å². The minimum atomic E-state index is -0.716. The van der Waals surface area contributed by atoms with Crippen molar-refractivity contribution in [3.8, 4) is 0 Å². The van der Waals surface area contributed by atoms with Crippen molar-refractivity contribution in [2.75, 3.05) is 46.8 Å². The van der Waals surface area contributed by atoms with Gasteiger partial charge in [-0.1, -0.05) is 6.92 Å². The lowest BCUT2D eigenvalue weighted by atomic mass is 10.0. The number of thiol groups is 1. The van der Waals surface area contributed by atoms with Crippen LogP contribution in [0.15, 0.2) is 0 Å². The van der Waals surface area contributed by atoms with Gasteiger partial charge in [-0.3, -0.25) is 4.79 Å². The van der Waals surface area contributed by atoms with Crippen molar-refractivity contribution in [2.45, 2.75) is 51.0 Å². The summed E-state index contributed by atoms with van der Waals surface area (Å²) in [5.41, 5.74) is -0.716. The standard InChI is InChI=1S/C16H33NO5S/c1-6-20-11-16(10-19-5,12-22-13(2)3)17-15(18)9-21-8-7-14(4)23/h13-14,23H,6-12H2,1-5H3,(H,17,18)/t14-,16?/m1/s1. The summed E-state index contributed by atoms with van der Waals surface area (Å²) >= 11 is 4.27. The predicted octanol–water partition coefficient (Wildman–Crippen LogP) is 1.67. The molecule has 0 aromatic carbocycles. The lowest BCUT2D eigenvalue weighted by molar-refractivity contribution is -0.132. The molecular weight excluding hydrogens is 318 g/mol. The lowest BCUT2D eigenvalue weighted by Crippen LogP contribution is -2.59. The Morgan fingerprint density at radius 2 is 1.87 bits per heavy atom. The Hall–Kier alpha value is -0.340. The zero-order chi connectivity index (χ0) is 17.7. The number of nitrogens with one attached hydrogen (secondary N) is 1. The molecule has 1 N–H and O–H groups in total. The second-order valence-corrected chi connectivity index (χ2v) is 6.83. The van der Waals surface area contributed by atoms with Crippen molar-refractivity contribution >= 4 is 18.5 Å².